The highest BCUT2D eigenvalue weighted by Gasteiger charge is 2.82. The second-order valence-electron chi connectivity index (χ2n) is 3.84. The van der Waals surface area contributed by atoms with Gasteiger partial charge in [0.15, 0.2) is 0 Å². The number of hydrogen-bond acceptors (Lipinski definition) is 2. The monoisotopic (exact) mass is 420 g/mol. The van der Waals surface area contributed by atoms with Crippen LogP contribution < -0.4 is 0 Å². The van der Waals surface area contributed by atoms with Gasteiger partial charge in [-0.2, -0.15) is 70.2 Å². The van der Waals surface area contributed by atoms with Crippen molar-refractivity contribution in [2.24, 2.45) is 0 Å². The molecule has 0 unspecified atom stereocenters. The van der Waals surface area contributed by atoms with Crippen LogP contribution in [0.15, 0.2) is 0 Å². The molecule has 0 aromatic heterocycles. The average molecular weight is 420 g/mol. The molecule has 0 rings (SSSR count). The normalized spacial score (nSPS) is 16.3. The highest BCUT2D eigenvalue weighted by atomic mass is 19.4. The van der Waals surface area contributed by atoms with Gasteiger partial charge >= 0.3 is 42.7 Å². The molecule has 152 valence electrons. The van der Waals surface area contributed by atoms with Crippen LogP contribution in [0, 0.1) is 0 Å². The van der Waals surface area contributed by atoms with Gasteiger partial charge in [0.05, 0.1) is 0 Å². The number of rotatable bonds is 5. The first kappa shape index (κ1) is 23.8. The Bertz CT molecular complexity index is 440. The first-order valence-electron chi connectivity index (χ1n) is 4.84. The first-order chi connectivity index (χ1) is 10.4. The third-order valence-corrected chi connectivity index (χ3v) is 1.91. The lowest BCUT2D eigenvalue weighted by atomic mass is 10.3. The summed E-state index contributed by atoms with van der Waals surface area (Å²) in [4.78, 5) is 0. The van der Waals surface area contributed by atoms with E-state index in [4.69, 9.17) is 0 Å². The Hall–Kier alpha value is -1.20. The maximum Gasteiger partial charge on any atom is 0.483 e. The van der Waals surface area contributed by atoms with Crippen molar-refractivity contribution in [2.45, 2.75) is 42.7 Å². The molecule has 0 heterocycles. The van der Waals surface area contributed by atoms with Crippen molar-refractivity contribution in [2.75, 3.05) is 0 Å². The predicted octanol–water partition coefficient (Wildman–Crippen LogP) is 5.15. The van der Waals surface area contributed by atoms with Gasteiger partial charge in [-0.3, -0.25) is 0 Å². The van der Waals surface area contributed by atoms with E-state index in [9.17, 15) is 70.2 Å². The molecule has 25 heavy (non-hydrogen) atoms. The van der Waals surface area contributed by atoms with E-state index in [-0.39, 0.29) is 0 Å². The molecule has 0 spiro atoms. The quantitative estimate of drug-likeness (QED) is 0.453. The van der Waals surface area contributed by atoms with Crippen LogP contribution in [0.3, 0.4) is 0 Å². The lowest BCUT2D eigenvalue weighted by Gasteiger charge is -2.37. The molecule has 2 nitrogen and oxygen atoms in total. The second-order valence-corrected chi connectivity index (χ2v) is 3.84. The fourth-order valence-electron chi connectivity index (χ4n) is 0.764. The van der Waals surface area contributed by atoms with Crippen LogP contribution in [-0.2, 0) is 9.47 Å². The van der Waals surface area contributed by atoms with Crippen LogP contribution in [0.25, 0.3) is 0 Å². The molecule has 0 aliphatic carbocycles. The fourth-order valence-corrected chi connectivity index (χ4v) is 0.764. The average Bonchev–Trinajstić information content (AvgIpc) is 2.21. The van der Waals surface area contributed by atoms with Crippen LogP contribution in [0.2, 0.25) is 0 Å². The molecule has 0 saturated carbocycles. The molecule has 0 aromatic rings. The van der Waals surface area contributed by atoms with Gasteiger partial charge in [-0.15, -0.1) is 0 Å². The van der Waals surface area contributed by atoms with Crippen molar-refractivity contribution in [3.05, 3.63) is 0 Å². The largest absolute Gasteiger partial charge is 0.483 e. The molecule has 0 aromatic carbocycles. The second kappa shape index (κ2) is 5.92. The topological polar surface area (TPSA) is 18.5 Å². The molecule has 0 N–H and O–H groups in total. The highest BCUT2D eigenvalue weighted by molar-refractivity contribution is 4.89. The Labute approximate surface area is 124 Å². The smallest absolute Gasteiger partial charge is 0.246 e. The highest BCUT2D eigenvalue weighted by Crippen LogP contribution is 2.54. The zero-order valence-electron chi connectivity index (χ0n) is 10.4. The number of halogens is 16. The van der Waals surface area contributed by atoms with Crippen LogP contribution in [0.5, 0.6) is 0 Å². The van der Waals surface area contributed by atoms with Gasteiger partial charge in [-0.25, -0.2) is 9.47 Å². The van der Waals surface area contributed by atoms with E-state index in [1.54, 1.807) is 0 Å². The van der Waals surface area contributed by atoms with E-state index >= 15 is 0 Å². The first-order valence-corrected chi connectivity index (χ1v) is 4.84. The summed E-state index contributed by atoms with van der Waals surface area (Å²) in [5.41, 5.74) is 0. The van der Waals surface area contributed by atoms with E-state index in [0.29, 0.717) is 0 Å². The molecule has 0 saturated heterocycles. The number of hydrogen-bond donors (Lipinski definition) is 0. The van der Waals surface area contributed by atoms with Crippen molar-refractivity contribution in [1.82, 2.24) is 0 Å². The van der Waals surface area contributed by atoms with Crippen molar-refractivity contribution in [3.63, 3.8) is 0 Å². The van der Waals surface area contributed by atoms with Crippen molar-refractivity contribution < 1.29 is 79.7 Å². The summed E-state index contributed by atoms with van der Waals surface area (Å²) in [6.07, 6.45) is -37.0. The molecular formula is C7F16O2. The van der Waals surface area contributed by atoms with Gasteiger partial charge in [-0.1, -0.05) is 0 Å². The van der Waals surface area contributed by atoms with Gasteiger partial charge in [-0.05, 0) is 0 Å². The molecule has 0 amide bonds. The van der Waals surface area contributed by atoms with Gasteiger partial charge < -0.3 is 0 Å². The van der Waals surface area contributed by atoms with Crippen molar-refractivity contribution >= 4 is 0 Å². The minimum atomic E-state index is -7.83. The molecule has 0 atom stereocenters. The van der Waals surface area contributed by atoms with Crippen molar-refractivity contribution in [1.29, 1.82) is 0 Å². The Morgan fingerprint density at radius 2 is 0.600 bits per heavy atom. The molecule has 0 radical (unpaired) electrons. The van der Waals surface area contributed by atoms with Crippen molar-refractivity contribution in [3.8, 4) is 0 Å². The van der Waals surface area contributed by atoms with E-state index in [1.165, 1.54) is 9.47 Å². The van der Waals surface area contributed by atoms with E-state index < -0.39 is 42.7 Å². The summed E-state index contributed by atoms with van der Waals surface area (Å²) < 4.78 is 196. The number of alkyl halides is 16. The van der Waals surface area contributed by atoms with E-state index in [2.05, 4.69) is 0 Å². The summed E-state index contributed by atoms with van der Waals surface area (Å²) in [7, 11) is 0. The van der Waals surface area contributed by atoms with Crippen LogP contribution >= 0.6 is 0 Å². The maximum atomic E-state index is 13.2. The lowest BCUT2D eigenvalue weighted by Crippen LogP contribution is -2.64. The lowest BCUT2D eigenvalue weighted by molar-refractivity contribution is -0.576. The predicted molar refractivity (Wildman–Crippen MR) is 39.0 cm³/mol. The van der Waals surface area contributed by atoms with Gasteiger partial charge in [0.25, 0.3) is 0 Å². The van der Waals surface area contributed by atoms with E-state index in [1.807, 2.05) is 0 Å². The van der Waals surface area contributed by atoms with Gasteiger partial charge in [0, 0.05) is 0 Å². The van der Waals surface area contributed by atoms with Crippen LogP contribution in [0.1, 0.15) is 0 Å². The molecule has 0 aliphatic heterocycles. The SMILES string of the molecule is FC(F)(F)C(F)(F)OC(F)(OC(F)(F)C(F)(F)F)C(F)(F)C(F)(F)F. The maximum absolute atomic E-state index is 13.2. The summed E-state index contributed by atoms with van der Waals surface area (Å²) in [5, 5.41) is 0. The standard InChI is InChI=1S/C7F16O2/c8-1(9,2(10,11)12)7(23,24-5(19,20)3(13,14)15)25-6(21,22)4(16,17)18. The molecule has 0 fully saturated rings. The Balaban J connectivity index is 6.28. The Kier molecular flexibility index (Phi) is 5.63. The molecule has 0 aliphatic rings. The zero-order chi connectivity index (χ0) is 20.9. The molecular weight excluding hydrogens is 420 g/mol. The minimum Gasteiger partial charge on any atom is -0.246 e. The van der Waals surface area contributed by atoms with Crippen LogP contribution in [-0.4, -0.2) is 42.7 Å². The minimum absolute atomic E-state index is 1.32. The number of ether oxygens (including phenoxy) is 2. The molecule has 0 bridgehead atoms. The molecule has 18 heteroatoms. The van der Waals surface area contributed by atoms with E-state index in [0.717, 1.165) is 0 Å². The fraction of sp³-hybridized carbons (Fsp3) is 1.00. The Morgan fingerprint density at radius 1 is 0.360 bits per heavy atom. The van der Waals surface area contributed by atoms with Crippen LogP contribution in [0.4, 0.5) is 70.2 Å². The van der Waals surface area contributed by atoms with Gasteiger partial charge in [0.2, 0.25) is 0 Å². The summed E-state index contributed by atoms with van der Waals surface area (Å²) in [5.74, 6) is -7.83. The third kappa shape index (κ3) is 4.50. The summed E-state index contributed by atoms with van der Waals surface area (Å²) >= 11 is 0. The summed E-state index contributed by atoms with van der Waals surface area (Å²) in [6.45, 7) is 0. The Morgan fingerprint density at radius 3 is 0.760 bits per heavy atom. The zero-order valence-corrected chi connectivity index (χ0v) is 10.4. The van der Waals surface area contributed by atoms with Gasteiger partial charge in [0.1, 0.15) is 0 Å². The summed E-state index contributed by atoms with van der Waals surface area (Å²) in [6, 6.07) is -7.64. The third-order valence-electron chi connectivity index (χ3n) is 1.91.